The number of ether oxygens (including phenoxy) is 2. The number of nitrogens with zero attached hydrogens (tertiary/aromatic N) is 2. The van der Waals surface area contributed by atoms with Gasteiger partial charge in [0.1, 0.15) is 11.7 Å². The van der Waals surface area contributed by atoms with Gasteiger partial charge in [-0.1, -0.05) is 58.5 Å². The van der Waals surface area contributed by atoms with Gasteiger partial charge in [0.25, 0.3) is 0 Å². The summed E-state index contributed by atoms with van der Waals surface area (Å²) in [4.78, 5) is 8.57. The number of para-hydroxylation sites is 2. The average Bonchev–Trinajstić information content (AvgIpc) is 3.48. The highest BCUT2D eigenvalue weighted by Crippen LogP contribution is 2.34. The standard InChI is InChI=1S/2C11H12Cl2N2O/c2*1-7(11-14-5-6-15-11)16-10-8(12)3-2-4-9(10)13/h2*2-4,7H,5-6H2,1H3,(H,14,15)/t2*7-/m10/s1. The van der Waals surface area contributed by atoms with Crippen LogP contribution in [0.4, 0.5) is 0 Å². The predicted octanol–water partition coefficient (Wildman–Crippen LogP) is 5.52. The van der Waals surface area contributed by atoms with Gasteiger partial charge in [0.15, 0.2) is 23.7 Å². The highest BCUT2D eigenvalue weighted by molar-refractivity contribution is 6.37. The van der Waals surface area contributed by atoms with E-state index in [1.807, 2.05) is 13.8 Å². The first kappa shape index (κ1) is 24.8. The van der Waals surface area contributed by atoms with Crippen molar-refractivity contribution < 1.29 is 9.47 Å². The van der Waals surface area contributed by atoms with Crippen LogP contribution in [0.5, 0.6) is 11.5 Å². The monoisotopic (exact) mass is 516 g/mol. The van der Waals surface area contributed by atoms with E-state index < -0.39 is 0 Å². The van der Waals surface area contributed by atoms with Crippen molar-refractivity contribution >= 4 is 58.1 Å². The zero-order chi connectivity index (χ0) is 23.1. The molecule has 2 aromatic rings. The topological polar surface area (TPSA) is 67.2 Å². The first-order chi connectivity index (χ1) is 15.4. The lowest BCUT2D eigenvalue weighted by molar-refractivity contribution is 0.284. The number of aliphatic imine (C=N–C) groups is 2. The molecule has 0 aromatic heterocycles. The normalized spacial score (nSPS) is 16.6. The quantitative estimate of drug-likeness (QED) is 0.529. The van der Waals surface area contributed by atoms with Gasteiger partial charge in [0, 0.05) is 13.1 Å². The summed E-state index contributed by atoms with van der Waals surface area (Å²) < 4.78 is 11.4. The van der Waals surface area contributed by atoms with E-state index in [-0.39, 0.29) is 12.2 Å². The van der Waals surface area contributed by atoms with Crippen LogP contribution >= 0.6 is 46.4 Å². The highest BCUT2D eigenvalue weighted by atomic mass is 35.5. The molecule has 0 radical (unpaired) electrons. The molecule has 10 heteroatoms. The van der Waals surface area contributed by atoms with Crippen molar-refractivity contribution in [2.75, 3.05) is 26.2 Å². The Bertz CT molecular complexity index is 880. The van der Waals surface area contributed by atoms with Crippen molar-refractivity contribution in [3.05, 3.63) is 56.5 Å². The van der Waals surface area contributed by atoms with Crippen molar-refractivity contribution in [2.45, 2.75) is 26.1 Å². The van der Waals surface area contributed by atoms with E-state index in [0.717, 1.165) is 37.9 Å². The summed E-state index contributed by atoms with van der Waals surface area (Å²) in [6, 6.07) is 10.6. The molecule has 0 amide bonds. The smallest absolute Gasteiger partial charge is 0.157 e. The third-order valence-electron chi connectivity index (χ3n) is 4.60. The lowest BCUT2D eigenvalue weighted by Gasteiger charge is -2.16. The summed E-state index contributed by atoms with van der Waals surface area (Å²) in [5, 5.41) is 8.36. The Morgan fingerprint density at radius 3 is 1.31 bits per heavy atom. The van der Waals surface area contributed by atoms with Crippen LogP contribution < -0.4 is 20.1 Å². The fourth-order valence-corrected chi connectivity index (χ4v) is 4.01. The van der Waals surface area contributed by atoms with E-state index in [4.69, 9.17) is 55.9 Å². The number of halogens is 4. The van der Waals surface area contributed by atoms with E-state index in [1.54, 1.807) is 36.4 Å². The zero-order valence-corrected chi connectivity index (χ0v) is 20.7. The number of amidine groups is 2. The minimum absolute atomic E-state index is 0.167. The number of benzene rings is 2. The maximum atomic E-state index is 6.01. The van der Waals surface area contributed by atoms with Gasteiger partial charge in [-0.3, -0.25) is 9.98 Å². The van der Waals surface area contributed by atoms with Gasteiger partial charge in [-0.15, -0.1) is 0 Å². The van der Waals surface area contributed by atoms with Crippen LogP contribution in [-0.4, -0.2) is 50.1 Å². The van der Waals surface area contributed by atoms with Crippen LogP contribution in [-0.2, 0) is 0 Å². The predicted molar refractivity (Wildman–Crippen MR) is 134 cm³/mol. The summed E-state index contributed by atoms with van der Waals surface area (Å²) in [6.07, 6.45) is -0.334. The van der Waals surface area contributed by atoms with E-state index in [2.05, 4.69) is 20.6 Å². The van der Waals surface area contributed by atoms with Crippen molar-refractivity contribution in [1.29, 1.82) is 0 Å². The Hall–Kier alpha value is -1.86. The van der Waals surface area contributed by atoms with Crippen molar-refractivity contribution in [2.24, 2.45) is 9.98 Å². The van der Waals surface area contributed by atoms with Crippen LogP contribution in [0.15, 0.2) is 46.4 Å². The summed E-state index contributed by atoms with van der Waals surface area (Å²) in [6.45, 7) is 7.13. The third kappa shape index (κ3) is 6.58. The van der Waals surface area contributed by atoms with Gasteiger partial charge in [0.2, 0.25) is 0 Å². The maximum absolute atomic E-state index is 6.01. The number of hydrogen-bond donors (Lipinski definition) is 2. The van der Waals surface area contributed by atoms with Gasteiger partial charge in [-0.05, 0) is 38.1 Å². The van der Waals surface area contributed by atoms with E-state index in [9.17, 15) is 0 Å². The van der Waals surface area contributed by atoms with Crippen LogP contribution in [0.1, 0.15) is 13.8 Å². The molecule has 2 heterocycles. The minimum atomic E-state index is -0.167. The van der Waals surface area contributed by atoms with Gasteiger partial charge >= 0.3 is 0 Å². The minimum Gasteiger partial charge on any atom is -0.480 e. The second kappa shape index (κ2) is 11.8. The van der Waals surface area contributed by atoms with E-state index >= 15 is 0 Å². The molecule has 6 nitrogen and oxygen atoms in total. The molecule has 0 fully saturated rings. The fourth-order valence-electron chi connectivity index (χ4n) is 3.03. The summed E-state index contributed by atoms with van der Waals surface area (Å²) in [5.41, 5.74) is 0. The van der Waals surface area contributed by atoms with E-state index in [1.165, 1.54) is 0 Å². The molecule has 2 N–H and O–H groups in total. The molecule has 32 heavy (non-hydrogen) atoms. The lowest BCUT2D eigenvalue weighted by Crippen LogP contribution is -2.33. The molecule has 2 atom stereocenters. The lowest BCUT2D eigenvalue weighted by atomic mass is 10.3. The van der Waals surface area contributed by atoms with Crippen LogP contribution in [0.25, 0.3) is 0 Å². The third-order valence-corrected chi connectivity index (χ3v) is 5.79. The molecule has 2 aliphatic heterocycles. The maximum Gasteiger partial charge on any atom is 0.157 e. The molecule has 2 aromatic carbocycles. The average molecular weight is 518 g/mol. The molecule has 4 rings (SSSR count). The van der Waals surface area contributed by atoms with Crippen LogP contribution in [0.3, 0.4) is 0 Å². The molecular weight excluding hydrogens is 494 g/mol. The summed E-state index contributed by atoms with van der Waals surface area (Å²) in [7, 11) is 0. The van der Waals surface area contributed by atoms with Crippen LogP contribution in [0, 0.1) is 0 Å². The Labute approximate surface area is 207 Å². The molecule has 0 saturated heterocycles. The molecule has 0 aliphatic carbocycles. The summed E-state index contributed by atoms with van der Waals surface area (Å²) >= 11 is 24.0. The largest absolute Gasteiger partial charge is 0.480 e. The number of rotatable bonds is 6. The van der Waals surface area contributed by atoms with Gasteiger partial charge < -0.3 is 20.1 Å². The fraction of sp³-hybridized carbons (Fsp3) is 0.364. The Morgan fingerprint density at radius 2 is 1.03 bits per heavy atom. The van der Waals surface area contributed by atoms with Gasteiger partial charge in [-0.25, -0.2) is 0 Å². The van der Waals surface area contributed by atoms with E-state index in [0.29, 0.717) is 31.6 Å². The number of nitrogens with one attached hydrogen (secondary N) is 2. The van der Waals surface area contributed by atoms with Gasteiger partial charge in [0.05, 0.1) is 33.2 Å². The first-order valence-electron chi connectivity index (χ1n) is 10.1. The second-order valence-corrected chi connectivity index (χ2v) is 8.64. The molecule has 0 spiro atoms. The van der Waals surface area contributed by atoms with Crippen molar-refractivity contribution in [1.82, 2.24) is 10.6 Å². The Morgan fingerprint density at radius 1 is 0.688 bits per heavy atom. The highest BCUT2D eigenvalue weighted by Gasteiger charge is 2.19. The number of hydrogen-bond acceptors (Lipinski definition) is 6. The van der Waals surface area contributed by atoms with Crippen molar-refractivity contribution in [3.8, 4) is 11.5 Å². The van der Waals surface area contributed by atoms with Crippen LogP contribution in [0.2, 0.25) is 20.1 Å². The molecule has 0 bridgehead atoms. The first-order valence-corrected chi connectivity index (χ1v) is 11.7. The molecular formula is C22H24Cl4N4O2. The summed E-state index contributed by atoms with van der Waals surface area (Å²) in [5.74, 6) is 2.71. The molecule has 2 aliphatic rings. The van der Waals surface area contributed by atoms with Crippen molar-refractivity contribution in [3.63, 3.8) is 0 Å². The SMILES string of the molecule is C[C@@H](Oc1c(Cl)cccc1Cl)C1=NCCN1.C[C@H](Oc1c(Cl)cccc1Cl)C1=NCCN1. The second-order valence-electron chi connectivity index (χ2n) is 7.01. The molecule has 172 valence electrons. The zero-order valence-electron chi connectivity index (χ0n) is 17.7. The molecule has 0 saturated carbocycles. The molecule has 0 unspecified atom stereocenters. The van der Waals surface area contributed by atoms with Gasteiger partial charge in [-0.2, -0.15) is 0 Å². The Balaban J connectivity index is 0.000000181. The Kier molecular flexibility index (Phi) is 9.17.